The Morgan fingerprint density at radius 1 is 1.42 bits per heavy atom. The molecule has 1 amide bonds. The lowest BCUT2D eigenvalue weighted by Gasteiger charge is -2.27. The second kappa shape index (κ2) is 4.27. The second-order valence-corrected chi connectivity index (χ2v) is 7.97. The van der Waals surface area contributed by atoms with Gasteiger partial charge in [0.25, 0.3) is 11.8 Å². The van der Waals surface area contributed by atoms with E-state index in [1.54, 1.807) is 0 Å². The van der Waals surface area contributed by atoms with Crippen LogP contribution in [0.3, 0.4) is 0 Å². The molecule has 0 aromatic rings. The van der Waals surface area contributed by atoms with Crippen molar-refractivity contribution in [3.63, 3.8) is 0 Å². The molecule has 2 nitrogen and oxygen atoms in total. The summed E-state index contributed by atoms with van der Waals surface area (Å²) in [5.74, 6) is -1.57. The molecule has 0 aromatic heterocycles. The monoisotopic (exact) mass is 287 g/mol. The van der Waals surface area contributed by atoms with Crippen molar-refractivity contribution in [2.24, 2.45) is 22.7 Å². The van der Waals surface area contributed by atoms with Gasteiger partial charge >= 0.3 is 0 Å². The molecule has 2 saturated carbocycles. The van der Waals surface area contributed by atoms with Gasteiger partial charge in [0.2, 0.25) is 0 Å². The molecule has 0 N–H and O–H groups in total. The third-order valence-electron chi connectivity index (χ3n) is 5.12. The molecule has 2 bridgehead atoms. The van der Waals surface area contributed by atoms with E-state index in [1.165, 1.54) is 32.6 Å². The minimum atomic E-state index is -3.03. The quantitative estimate of drug-likeness (QED) is 0.788. The van der Waals surface area contributed by atoms with E-state index in [0.29, 0.717) is 11.0 Å². The fourth-order valence-corrected chi connectivity index (χ4v) is 4.95. The number of hydrogen-bond acceptors (Lipinski definition) is 2. The van der Waals surface area contributed by atoms with Crippen LogP contribution in [0.5, 0.6) is 0 Å². The van der Waals surface area contributed by atoms with Crippen LogP contribution in [-0.2, 0) is 4.79 Å². The first-order valence-electron chi connectivity index (χ1n) is 6.98. The van der Waals surface area contributed by atoms with E-state index >= 15 is 0 Å². The molecular weight excluding hydrogens is 268 g/mol. The van der Waals surface area contributed by atoms with Crippen LogP contribution in [0, 0.1) is 17.8 Å². The van der Waals surface area contributed by atoms with Gasteiger partial charge in [0, 0.05) is 6.92 Å². The molecule has 2 aliphatic carbocycles. The highest BCUT2D eigenvalue weighted by Gasteiger charge is 2.57. The van der Waals surface area contributed by atoms with Crippen molar-refractivity contribution < 1.29 is 13.6 Å². The molecule has 4 atom stereocenters. The molecule has 1 heterocycles. The lowest BCUT2D eigenvalue weighted by Crippen LogP contribution is -2.44. The van der Waals surface area contributed by atoms with Crippen LogP contribution in [0.4, 0.5) is 8.78 Å². The highest BCUT2D eigenvalue weighted by Crippen LogP contribution is 2.52. The summed E-state index contributed by atoms with van der Waals surface area (Å²) in [6, 6.07) is 0. The maximum atomic E-state index is 13.6. The minimum absolute atomic E-state index is 0.561. The van der Waals surface area contributed by atoms with Crippen molar-refractivity contribution in [3.8, 4) is 0 Å². The minimum Gasteiger partial charge on any atom is -0.271 e. The van der Waals surface area contributed by atoms with Crippen molar-refractivity contribution in [3.05, 3.63) is 0 Å². The Morgan fingerprint density at radius 2 is 2.16 bits per heavy atom. The number of nitrogens with zero attached hydrogens (tertiary/aromatic N) is 1. The fraction of sp³-hybridized carbons (Fsp3) is 0.857. The number of carbonyl (C=O) groups is 1. The molecule has 3 aliphatic rings. The van der Waals surface area contributed by atoms with Crippen LogP contribution in [0.15, 0.2) is 4.99 Å². The molecule has 106 valence electrons. The van der Waals surface area contributed by atoms with Crippen molar-refractivity contribution in [1.29, 1.82) is 0 Å². The first-order valence-corrected chi connectivity index (χ1v) is 7.80. The van der Waals surface area contributed by atoms with E-state index < -0.39 is 16.6 Å². The number of alkyl halides is 2. The molecular formula is C14H19F2NOS. The number of thioether (sulfide) groups is 1. The summed E-state index contributed by atoms with van der Waals surface area (Å²) in [5, 5.41) is 0.631. The average molecular weight is 287 g/mol. The van der Waals surface area contributed by atoms with Crippen LogP contribution >= 0.6 is 11.8 Å². The fourth-order valence-electron chi connectivity index (χ4n) is 3.74. The van der Waals surface area contributed by atoms with Gasteiger partial charge in [-0.1, -0.05) is 18.2 Å². The molecule has 0 unspecified atom stereocenters. The molecule has 5 heteroatoms. The predicted molar refractivity (Wildman–Crippen MR) is 72.6 cm³/mol. The largest absolute Gasteiger partial charge is 0.271 e. The highest BCUT2D eigenvalue weighted by molar-refractivity contribution is 8.16. The first kappa shape index (κ1) is 13.5. The zero-order chi connectivity index (χ0) is 13.8. The van der Waals surface area contributed by atoms with E-state index in [-0.39, 0.29) is 0 Å². The van der Waals surface area contributed by atoms with Gasteiger partial charge in [-0.2, -0.15) is 0 Å². The van der Waals surface area contributed by atoms with Gasteiger partial charge < -0.3 is 0 Å². The summed E-state index contributed by atoms with van der Waals surface area (Å²) in [6.07, 6.45) is 5.80. The molecule has 0 radical (unpaired) electrons. The topological polar surface area (TPSA) is 29.4 Å². The van der Waals surface area contributed by atoms with Gasteiger partial charge in [0.15, 0.2) is 4.75 Å². The van der Waals surface area contributed by atoms with E-state index in [1.807, 2.05) is 0 Å². The maximum Gasteiger partial charge on any atom is 0.268 e. The number of carbonyl (C=O) groups excluding carboxylic acids is 1. The first-order chi connectivity index (χ1) is 8.79. The van der Waals surface area contributed by atoms with Gasteiger partial charge in [-0.3, -0.25) is 4.79 Å². The molecule has 0 saturated heterocycles. The molecule has 2 fully saturated rings. The lowest BCUT2D eigenvalue weighted by atomic mass is 9.87. The smallest absolute Gasteiger partial charge is 0.268 e. The Kier molecular flexibility index (Phi) is 3.04. The Hall–Kier alpha value is -0.450. The number of amides is 1. The molecule has 3 rings (SSSR count). The van der Waals surface area contributed by atoms with Gasteiger partial charge in [-0.05, 0) is 50.4 Å². The zero-order valence-electron chi connectivity index (χ0n) is 11.3. The van der Waals surface area contributed by atoms with E-state index in [4.69, 9.17) is 0 Å². The van der Waals surface area contributed by atoms with Gasteiger partial charge in [-0.15, -0.1) is 0 Å². The summed E-state index contributed by atoms with van der Waals surface area (Å²) in [4.78, 5) is 15.7. The van der Waals surface area contributed by atoms with Crippen molar-refractivity contribution >= 4 is 22.7 Å². The SMILES string of the molecule is CC(F)(F)[C@]1(C)SC(C[C@H]2C[C@@H]3CC[C@H]2C3)=NC1=O. The number of fused-ring (bicyclic) bond motifs is 2. The van der Waals surface area contributed by atoms with Gasteiger partial charge in [-0.25, -0.2) is 13.8 Å². The van der Waals surface area contributed by atoms with Crippen molar-refractivity contribution in [1.82, 2.24) is 0 Å². The predicted octanol–water partition coefficient (Wildman–Crippen LogP) is 3.90. The van der Waals surface area contributed by atoms with E-state index in [0.717, 1.165) is 36.9 Å². The Bertz CT molecular complexity index is 445. The summed E-state index contributed by atoms with van der Waals surface area (Å²) in [7, 11) is 0. The highest BCUT2D eigenvalue weighted by atomic mass is 32.2. The molecule has 19 heavy (non-hydrogen) atoms. The van der Waals surface area contributed by atoms with Crippen molar-refractivity contribution in [2.45, 2.75) is 56.6 Å². The number of aliphatic imine (C=N–C) groups is 1. The lowest BCUT2D eigenvalue weighted by molar-refractivity contribution is -0.128. The average Bonchev–Trinajstić information content (AvgIpc) is 2.94. The zero-order valence-corrected chi connectivity index (χ0v) is 12.1. The van der Waals surface area contributed by atoms with Gasteiger partial charge in [0.1, 0.15) is 0 Å². The van der Waals surface area contributed by atoms with Crippen LogP contribution in [-0.4, -0.2) is 21.6 Å². The van der Waals surface area contributed by atoms with Crippen LogP contribution in [0.2, 0.25) is 0 Å². The molecule has 0 spiro atoms. The van der Waals surface area contributed by atoms with E-state index in [9.17, 15) is 13.6 Å². The number of halogens is 2. The normalized spacial score (nSPS) is 42.0. The van der Waals surface area contributed by atoms with E-state index in [2.05, 4.69) is 4.99 Å². The van der Waals surface area contributed by atoms with Gasteiger partial charge in [0.05, 0.1) is 5.04 Å². The summed E-state index contributed by atoms with van der Waals surface area (Å²) < 4.78 is 25.5. The van der Waals surface area contributed by atoms with Crippen LogP contribution in [0.1, 0.15) is 46.0 Å². The third-order valence-corrected chi connectivity index (χ3v) is 6.55. The Labute approximate surface area is 116 Å². The third kappa shape index (κ3) is 2.14. The second-order valence-electron chi connectivity index (χ2n) is 6.47. The van der Waals surface area contributed by atoms with Crippen LogP contribution in [0.25, 0.3) is 0 Å². The Morgan fingerprint density at radius 3 is 2.63 bits per heavy atom. The number of hydrogen-bond donors (Lipinski definition) is 0. The molecule has 1 aliphatic heterocycles. The molecule has 0 aromatic carbocycles. The standard InChI is InChI=1S/C14H19F2NOS/c1-13(14(2,15)16)12(18)17-11(19-13)7-10-6-8-3-4-9(10)5-8/h8-10H,3-7H2,1-2H3/t8-,9+,10-,13-/m1/s1. The van der Waals surface area contributed by atoms with Crippen LogP contribution < -0.4 is 0 Å². The summed E-state index contributed by atoms with van der Waals surface area (Å²) in [5.41, 5.74) is 0. The summed E-state index contributed by atoms with van der Waals surface area (Å²) in [6.45, 7) is 2.13. The maximum absolute atomic E-state index is 13.6. The Balaban J connectivity index is 1.68. The van der Waals surface area contributed by atoms with Crippen molar-refractivity contribution in [2.75, 3.05) is 0 Å². The summed E-state index contributed by atoms with van der Waals surface area (Å²) >= 11 is 0.993. The number of rotatable bonds is 3.